The molecule has 0 aliphatic heterocycles. The normalized spacial score (nSPS) is 14.8. The minimum Gasteiger partial charge on any atom is -0.468 e. The van der Waals surface area contributed by atoms with Gasteiger partial charge in [-0.05, 0) is 74.7 Å². The van der Waals surface area contributed by atoms with E-state index < -0.39 is 26.2 Å². The molecule has 0 radical (unpaired) electrons. The van der Waals surface area contributed by atoms with Crippen LogP contribution in [-0.2, 0) is 29.4 Å². The van der Waals surface area contributed by atoms with Crippen molar-refractivity contribution in [2.75, 3.05) is 14.2 Å². The zero-order chi connectivity index (χ0) is 27.7. The van der Waals surface area contributed by atoms with Crippen molar-refractivity contribution in [3.8, 4) is 0 Å². The topological polar surface area (TPSA) is 75.0 Å². The molecule has 6 nitrogen and oxygen atoms in total. The molecule has 36 heavy (non-hydrogen) atoms. The number of rotatable bonds is 14. The van der Waals surface area contributed by atoms with Crippen molar-refractivity contribution in [1.82, 2.24) is 0 Å². The first kappa shape index (κ1) is 32.5. The molecule has 0 aromatic carbocycles. The fraction of sp³-hybridized carbons (Fsp3) is 0.714. The van der Waals surface area contributed by atoms with Gasteiger partial charge >= 0.3 is 11.9 Å². The van der Waals surface area contributed by atoms with E-state index in [0.29, 0.717) is 24.6 Å². The molecule has 0 unspecified atom stereocenters. The second-order valence-electron chi connectivity index (χ2n) is 11.4. The lowest BCUT2D eigenvalue weighted by molar-refractivity contribution is -0.159. The van der Waals surface area contributed by atoms with Gasteiger partial charge in [0.2, 0.25) is 0 Å². The molecule has 1 aromatic rings. The average Bonchev–Trinajstić information content (AvgIpc) is 3.28. The summed E-state index contributed by atoms with van der Waals surface area (Å²) >= 11 is 6.03. The summed E-state index contributed by atoms with van der Waals surface area (Å²) in [6.45, 7) is 17.8. The minimum absolute atomic E-state index is 0.0698. The van der Waals surface area contributed by atoms with Crippen molar-refractivity contribution in [3.05, 3.63) is 35.3 Å². The van der Waals surface area contributed by atoms with E-state index in [-0.39, 0.29) is 17.1 Å². The van der Waals surface area contributed by atoms with Crippen molar-refractivity contribution < 1.29 is 27.9 Å². The first-order chi connectivity index (χ1) is 16.7. The predicted octanol–water partition coefficient (Wildman–Crippen LogP) is 7.82. The SMILES string of the molecule is COC(=O)C(CC/C=C(\C)CC[C@@H](C(C)C)[C@@H](O[Si](C)(C)C(C)(C)C)c1ccc(CCl)o1)C(=O)OC. The lowest BCUT2D eigenvalue weighted by Gasteiger charge is -2.42. The van der Waals surface area contributed by atoms with Crippen molar-refractivity contribution in [1.29, 1.82) is 0 Å². The van der Waals surface area contributed by atoms with Gasteiger partial charge in [-0.1, -0.05) is 46.3 Å². The van der Waals surface area contributed by atoms with Gasteiger partial charge in [0.1, 0.15) is 17.6 Å². The number of furan rings is 1. The van der Waals surface area contributed by atoms with Crippen LogP contribution in [0.3, 0.4) is 0 Å². The van der Waals surface area contributed by atoms with Crippen LogP contribution in [0.1, 0.15) is 84.9 Å². The third-order valence-corrected chi connectivity index (χ3v) is 12.1. The van der Waals surface area contributed by atoms with Gasteiger partial charge in [-0.25, -0.2) is 0 Å². The molecular formula is C28H47ClO6Si. The number of hydrogen-bond acceptors (Lipinski definition) is 6. The summed E-state index contributed by atoms with van der Waals surface area (Å²) in [5.41, 5.74) is 1.21. The number of ether oxygens (including phenoxy) is 2. The van der Waals surface area contributed by atoms with Gasteiger partial charge in [0.05, 0.1) is 20.1 Å². The summed E-state index contributed by atoms with van der Waals surface area (Å²) in [5.74, 6) is 0.523. The number of hydrogen-bond donors (Lipinski definition) is 0. The van der Waals surface area contributed by atoms with Crippen LogP contribution in [0.25, 0.3) is 0 Å². The third kappa shape index (κ3) is 9.38. The molecule has 0 aliphatic carbocycles. The van der Waals surface area contributed by atoms with Crippen molar-refractivity contribution in [2.24, 2.45) is 17.8 Å². The van der Waals surface area contributed by atoms with E-state index >= 15 is 0 Å². The molecule has 0 saturated carbocycles. The molecule has 0 aliphatic rings. The highest BCUT2D eigenvalue weighted by molar-refractivity contribution is 6.74. The minimum atomic E-state index is -2.07. The Bertz CT molecular complexity index is 852. The van der Waals surface area contributed by atoms with Crippen LogP contribution < -0.4 is 0 Å². The Hall–Kier alpha value is -1.57. The maximum absolute atomic E-state index is 11.9. The third-order valence-electron chi connectivity index (χ3n) is 7.36. The van der Waals surface area contributed by atoms with Crippen LogP contribution in [0, 0.1) is 17.8 Å². The van der Waals surface area contributed by atoms with Crippen LogP contribution in [0.5, 0.6) is 0 Å². The van der Waals surface area contributed by atoms with Crippen LogP contribution in [0.4, 0.5) is 0 Å². The predicted molar refractivity (Wildman–Crippen MR) is 147 cm³/mol. The average molecular weight is 543 g/mol. The summed E-state index contributed by atoms with van der Waals surface area (Å²) in [6, 6.07) is 3.94. The highest BCUT2D eigenvalue weighted by Gasteiger charge is 2.42. The quantitative estimate of drug-likeness (QED) is 0.0783. The molecule has 2 atom stereocenters. The number of carbonyl (C=O) groups excluding carboxylic acids is 2. The van der Waals surface area contributed by atoms with Crippen LogP contribution in [0.15, 0.2) is 28.2 Å². The Balaban J connectivity index is 3.05. The monoisotopic (exact) mass is 542 g/mol. The molecule has 0 fully saturated rings. The Kier molecular flexibility index (Phi) is 13.0. The van der Waals surface area contributed by atoms with E-state index in [0.717, 1.165) is 24.4 Å². The Morgan fingerprint density at radius 2 is 1.67 bits per heavy atom. The van der Waals surface area contributed by atoms with E-state index in [1.54, 1.807) is 0 Å². The molecule has 0 spiro atoms. The molecule has 0 saturated heterocycles. The van der Waals surface area contributed by atoms with Crippen molar-refractivity contribution >= 4 is 31.9 Å². The van der Waals surface area contributed by atoms with Gasteiger partial charge in [0, 0.05) is 0 Å². The molecule has 0 N–H and O–H groups in total. The van der Waals surface area contributed by atoms with E-state index in [2.05, 4.69) is 60.7 Å². The Morgan fingerprint density at radius 1 is 1.08 bits per heavy atom. The first-order valence-electron chi connectivity index (χ1n) is 12.8. The first-order valence-corrected chi connectivity index (χ1v) is 16.3. The summed E-state index contributed by atoms with van der Waals surface area (Å²) in [7, 11) is 0.487. The fourth-order valence-corrected chi connectivity index (χ4v) is 5.34. The number of halogens is 1. The summed E-state index contributed by atoms with van der Waals surface area (Å²) in [4.78, 5) is 23.8. The zero-order valence-electron chi connectivity index (χ0n) is 23.9. The molecule has 1 heterocycles. The molecule has 1 aromatic heterocycles. The zero-order valence-corrected chi connectivity index (χ0v) is 25.7. The van der Waals surface area contributed by atoms with Gasteiger partial charge in [-0.2, -0.15) is 0 Å². The molecular weight excluding hydrogens is 496 g/mol. The van der Waals surface area contributed by atoms with E-state index in [9.17, 15) is 9.59 Å². The molecule has 206 valence electrons. The summed E-state index contributed by atoms with van der Waals surface area (Å²) in [6.07, 6.45) is 4.69. The van der Waals surface area contributed by atoms with Crippen molar-refractivity contribution in [3.63, 3.8) is 0 Å². The smallest absolute Gasteiger partial charge is 0.320 e. The molecule has 0 amide bonds. The van der Waals surface area contributed by atoms with Gasteiger partial charge in [-0.15, -0.1) is 11.6 Å². The maximum Gasteiger partial charge on any atom is 0.320 e. The number of methoxy groups -OCH3 is 2. The number of carbonyl (C=O) groups is 2. The van der Waals surface area contributed by atoms with Gasteiger partial charge in [-0.3, -0.25) is 9.59 Å². The number of allylic oxidation sites excluding steroid dienone is 2. The van der Waals surface area contributed by atoms with Crippen LogP contribution in [0.2, 0.25) is 18.1 Å². The van der Waals surface area contributed by atoms with Crippen molar-refractivity contribution in [2.45, 2.75) is 97.3 Å². The standard InChI is InChI=1S/C28H47ClO6Si/c1-19(2)22(16-14-20(3)12-11-13-23(26(30)32-7)27(31)33-8)25(24-17-15-21(18-29)34-24)35-36(9,10)28(4,5)6/h12,15,17,19,22-23,25H,11,13-14,16,18H2,1-10H3/b20-12+/t22-,25+/m0/s1. The molecule has 1 rings (SSSR count). The maximum atomic E-state index is 11.9. The summed E-state index contributed by atoms with van der Waals surface area (Å²) < 4.78 is 22.6. The largest absolute Gasteiger partial charge is 0.468 e. The highest BCUT2D eigenvalue weighted by Crippen LogP contribution is 2.44. The molecule has 0 bridgehead atoms. The van der Waals surface area contributed by atoms with Gasteiger partial charge in [0.25, 0.3) is 0 Å². The Labute approximate surface area is 224 Å². The lowest BCUT2D eigenvalue weighted by Crippen LogP contribution is -2.43. The van der Waals surface area contributed by atoms with Crippen LogP contribution in [-0.4, -0.2) is 34.5 Å². The Morgan fingerprint density at radius 3 is 2.11 bits per heavy atom. The van der Waals surface area contributed by atoms with Crippen LogP contribution >= 0.6 is 11.6 Å². The summed E-state index contributed by atoms with van der Waals surface area (Å²) in [5, 5.41) is 0.0698. The molecule has 8 heteroatoms. The van der Waals surface area contributed by atoms with E-state index in [4.69, 9.17) is 29.9 Å². The number of alkyl halides is 1. The van der Waals surface area contributed by atoms with E-state index in [1.165, 1.54) is 19.8 Å². The second kappa shape index (κ2) is 14.4. The lowest BCUT2D eigenvalue weighted by atomic mass is 9.84. The number of esters is 2. The second-order valence-corrected chi connectivity index (χ2v) is 16.4. The van der Waals surface area contributed by atoms with E-state index in [1.807, 2.05) is 12.1 Å². The van der Waals surface area contributed by atoms with Gasteiger partial charge in [0.15, 0.2) is 14.2 Å². The highest BCUT2D eigenvalue weighted by atomic mass is 35.5. The van der Waals surface area contributed by atoms with Gasteiger partial charge < -0.3 is 18.3 Å². The fourth-order valence-electron chi connectivity index (χ4n) is 3.91.